The van der Waals surface area contributed by atoms with Crippen LogP contribution in [-0.4, -0.2) is 40.3 Å². The van der Waals surface area contributed by atoms with Crippen LogP contribution in [0.5, 0.6) is 0 Å². The van der Waals surface area contributed by atoms with Crippen LogP contribution in [0.2, 0.25) is 0 Å². The molecule has 26 heavy (non-hydrogen) atoms. The fraction of sp³-hybridized carbons (Fsp3) is 0.600. The summed E-state index contributed by atoms with van der Waals surface area (Å²) in [5, 5.41) is 21.7. The van der Waals surface area contributed by atoms with Gasteiger partial charge in [-0.05, 0) is 42.7 Å². The van der Waals surface area contributed by atoms with Gasteiger partial charge in [-0.2, -0.15) is 0 Å². The lowest BCUT2D eigenvalue weighted by molar-refractivity contribution is -0.144. The molecule has 0 aromatic heterocycles. The minimum atomic E-state index is -1.45. The average molecular weight is 364 g/mol. The van der Waals surface area contributed by atoms with Crippen molar-refractivity contribution in [1.82, 2.24) is 5.32 Å². The molecule has 1 aromatic carbocycles. The molecule has 0 aliphatic rings. The van der Waals surface area contributed by atoms with Gasteiger partial charge in [-0.15, -0.1) is 0 Å². The van der Waals surface area contributed by atoms with Crippen LogP contribution in [0, 0.1) is 5.92 Å². The van der Waals surface area contributed by atoms with Crippen molar-refractivity contribution in [2.45, 2.75) is 71.1 Å². The standard InChI is InChI=1S/C20H32N2O4/c1-4-5-6-14-7-9-15(10-8-14)12-16(21)18(23)19(24)22-17(20(25)26)11-13(2)3/h7-10,13,16-18,23H,4-6,11-12,21H2,1-3H3,(H,22,24)(H,25,26)/t16?,17-,18?/m0/s1. The summed E-state index contributed by atoms with van der Waals surface area (Å²) in [7, 11) is 0. The van der Waals surface area contributed by atoms with Crippen LogP contribution in [0.25, 0.3) is 0 Å². The SMILES string of the molecule is CCCCc1ccc(CC(N)C(O)C(=O)N[C@@H](CC(C)C)C(=O)O)cc1. The van der Waals surface area contributed by atoms with Gasteiger partial charge in [-0.1, -0.05) is 51.5 Å². The number of unbranched alkanes of at least 4 members (excludes halogenated alkanes) is 1. The lowest BCUT2D eigenvalue weighted by Gasteiger charge is -2.22. The lowest BCUT2D eigenvalue weighted by Crippen LogP contribution is -2.52. The second kappa shape index (κ2) is 10.9. The summed E-state index contributed by atoms with van der Waals surface area (Å²) in [5.74, 6) is -1.76. The minimum absolute atomic E-state index is 0.105. The second-order valence-corrected chi connectivity index (χ2v) is 7.26. The fourth-order valence-electron chi connectivity index (χ4n) is 2.75. The molecule has 0 aliphatic carbocycles. The van der Waals surface area contributed by atoms with Gasteiger partial charge in [0.25, 0.3) is 5.91 Å². The van der Waals surface area contributed by atoms with E-state index in [0.717, 1.165) is 24.8 Å². The van der Waals surface area contributed by atoms with Crippen LogP contribution in [0.3, 0.4) is 0 Å². The smallest absolute Gasteiger partial charge is 0.326 e. The third-order valence-corrected chi connectivity index (χ3v) is 4.31. The Morgan fingerprint density at radius 2 is 1.73 bits per heavy atom. The van der Waals surface area contributed by atoms with Crippen LogP contribution in [0.1, 0.15) is 51.2 Å². The highest BCUT2D eigenvalue weighted by Gasteiger charge is 2.28. The first kappa shape index (κ1) is 22.1. The number of aliphatic carboxylic acids is 1. The van der Waals surface area contributed by atoms with E-state index in [4.69, 9.17) is 5.73 Å². The van der Waals surface area contributed by atoms with E-state index in [-0.39, 0.29) is 5.92 Å². The summed E-state index contributed by atoms with van der Waals surface area (Å²) in [5.41, 5.74) is 8.15. The molecule has 146 valence electrons. The summed E-state index contributed by atoms with van der Waals surface area (Å²) >= 11 is 0. The topological polar surface area (TPSA) is 113 Å². The van der Waals surface area contributed by atoms with E-state index in [1.54, 1.807) is 0 Å². The third-order valence-electron chi connectivity index (χ3n) is 4.31. The first-order valence-corrected chi connectivity index (χ1v) is 9.29. The van der Waals surface area contributed by atoms with Crippen molar-refractivity contribution in [3.8, 4) is 0 Å². The molecule has 0 heterocycles. The van der Waals surface area contributed by atoms with Gasteiger partial charge in [-0.25, -0.2) is 4.79 Å². The number of nitrogens with one attached hydrogen (secondary N) is 1. The fourth-order valence-corrected chi connectivity index (χ4v) is 2.75. The molecule has 0 saturated heterocycles. The Kier molecular flexibility index (Phi) is 9.30. The van der Waals surface area contributed by atoms with E-state index in [0.29, 0.717) is 12.8 Å². The molecule has 0 radical (unpaired) electrons. The van der Waals surface area contributed by atoms with E-state index in [9.17, 15) is 19.8 Å². The molecule has 0 bridgehead atoms. The molecule has 1 aromatic rings. The van der Waals surface area contributed by atoms with Gasteiger partial charge < -0.3 is 21.3 Å². The Balaban J connectivity index is 2.60. The van der Waals surface area contributed by atoms with Crippen LogP contribution in [0.15, 0.2) is 24.3 Å². The van der Waals surface area contributed by atoms with Gasteiger partial charge in [0.2, 0.25) is 0 Å². The maximum atomic E-state index is 12.1. The van der Waals surface area contributed by atoms with Crippen LogP contribution in [-0.2, 0) is 22.4 Å². The van der Waals surface area contributed by atoms with Crippen LogP contribution >= 0.6 is 0 Å². The number of hydrogen-bond acceptors (Lipinski definition) is 4. The molecule has 6 nitrogen and oxygen atoms in total. The number of carboxylic acids is 1. The Labute approximate surface area is 155 Å². The quantitative estimate of drug-likeness (QED) is 0.479. The molecule has 0 saturated carbocycles. The Morgan fingerprint density at radius 3 is 2.23 bits per heavy atom. The Bertz CT molecular complexity index is 572. The van der Waals surface area contributed by atoms with Crippen LogP contribution in [0.4, 0.5) is 0 Å². The number of aliphatic hydroxyl groups excluding tert-OH is 1. The Hall–Kier alpha value is -1.92. The number of carbonyl (C=O) groups excluding carboxylic acids is 1. The molecular formula is C20H32N2O4. The van der Waals surface area contributed by atoms with E-state index in [1.165, 1.54) is 5.56 Å². The second-order valence-electron chi connectivity index (χ2n) is 7.26. The van der Waals surface area contributed by atoms with Gasteiger partial charge in [-0.3, -0.25) is 4.79 Å². The molecule has 1 rings (SSSR count). The van der Waals surface area contributed by atoms with Gasteiger partial charge in [0.1, 0.15) is 12.1 Å². The number of rotatable bonds is 11. The molecule has 5 N–H and O–H groups in total. The van der Waals surface area contributed by atoms with E-state index in [2.05, 4.69) is 12.2 Å². The molecule has 3 atom stereocenters. The van der Waals surface area contributed by atoms with Crippen molar-refractivity contribution in [2.24, 2.45) is 11.7 Å². The van der Waals surface area contributed by atoms with E-state index >= 15 is 0 Å². The number of aliphatic hydroxyl groups is 1. The lowest BCUT2D eigenvalue weighted by atomic mass is 9.98. The number of amides is 1. The predicted molar refractivity (Wildman–Crippen MR) is 102 cm³/mol. The highest BCUT2D eigenvalue weighted by molar-refractivity contribution is 5.86. The summed E-state index contributed by atoms with van der Waals surface area (Å²) in [4.78, 5) is 23.4. The monoisotopic (exact) mass is 364 g/mol. The highest BCUT2D eigenvalue weighted by Crippen LogP contribution is 2.11. The normalized spacial score (nSPS) is 14.7. The zero-order valence-electron chi connectivity index (χ0n) is 15.9. The summed E-state index contributed by atoms with van der Waals surface area (Å²) in [6.45, 7) is 5.89. The number of aryl methyl sites for hydroxylation is 1. The van der Waals surface area contributed by atoms with E-state index in [1.807, 2.05) is 38.1 Å². The van der Waals surface area contributed by atoms with Gasteiger partial charge in [0.15, 0.2) is 0 Å². The summed E-state index contributed by atoms with van der Waals surface area (Å²) < 4.78 is 0. The molecule has 0 aliphatic heterocycles. The molecule has 0 spiro atoms. The number of carboxylic acid groups (broad SMARTS) is 1. The molecule has 0 fully saturated rings. The first-order valence-electron chi connectivity index (χ1n) is 9.29. The van der Waals surface area contributed by atoms with Crippen molar-refractivity contribution in [2.75, 3.05) is 0 Å². The minimum Gasteiger partial charge on any atom is -0.480 e. The van der Waals surface area contributed by atoms with Crippen molar-refractivity contribution in [1.29, 1.82) is 0 Å². The number of nitrogens with two attached hydrogens (primary N) is 1. The third kappa shape index (κ3) is 7.54. The van der Waals surface area contributed by atoms with Crippen molar-refractivity contribution in [3.63, 3.8) is 0 Å². The predicted octanol–water partition coefficient (Wildman–Crippen LogP) is 1.88. The van der Waals surface area contributed by atoms with Gasteiger partial charge in [0.05, 0.1) is 0 Å². The number of benzene rings is 1. The molecule has 1 amide bonds. The summed E-state index contributed by atoms with van der Waals surface area (Å²) in [6.07, 6.45) is 2.48. The maximum absolute atomic E-state index is 12.1. The first-order chi connectivity index (χ1) is 12.2. The number of carbonyl (C=O) groups is 2. The van der Waals surface area contributed by atoms with Crippen molar-refractivity contribution < 1.29 is 19.8 Å². The average Bonchev–Trinajstić information content (AvgIpc) is 2.59. The van der Waals surface area contributed by atoms with Gasteiger partial charge >= 0.3 is 5.97 Å². The molecule has 6 heteroatoms. The molecule has 2 unspecified atom stereocenters. The largest absolute Gasteiger partial charge is 0.480 e. The zero-order valence-corrected chi connectivity index (χ0v) is 15.9. The maximum Gasteiger partial charge on any atom is 0.326 e. The van der Waals surface area contributed by atoms with Crippen LogP contribution < -0.4 is 11.1 Å². The van der Waals surface area contributed by atoms with Gasteiger partial charge in [0, 0.05) is 6.04 Å². The summed E-state index contributed by atoms with van der Waals surface area (Å²) in [6, 6.07) is 6.15. The van der Waals surface area contributed by atoms with Crippen molar-refractivity contribution in [3.05, 3.63) is 35.4 Å². The Morgan fingerprint density at radius 1 is 1.15 bits per heavy atom. The van der Waals surface area contributed by atoms with Crippen molar-refractivity contribution >= 4 is 11.9 Å². The van der Waals surface area contributed by atoms with E-state index < -0.39 is 30.1 Å². The molecular weight excluding hydrogens is 332 g/mol. The zero-order chi connectivity index (χ0) is 19.7. The number of hydrogen-bond donors (Lipinski definition) is 4. The highest BCUT2D eigenvalue weighted by atomic mass is 16.4.